The highest BCUT2D eigenvalue weighted by atomic mass is 32.1. The number of benzene rings is 1. The fourth-order valence-corrected chi connectivity index (χ4v) is 2.32. The first kappa shape index (κ1) is 20.0. The van der Waals surface area contributed by atoms with Crippen molar-refractivity contribution in [2.24, 2.45) is 0 Å². The molecule has 5 heteroatoms. The van der Waals surface area contributed by atoms with E-state index in [1.807, 2.05) is 19.1 Å². The molecule has 24 heavy (non-hydrogen) atoms. The lowest BCUT2D eigenvalue weighted by Gasteiger charge is -2.20. The molecule has 0 fully saturated rings. The van der Waals surface area contributed by atoms with E-state index in [4.69, 9.17) is 12.2 Å². The summed E-state index contributed by atoms with van der Waals surface area (Å²) in [7, 11) is 0. The fourth-order valence-electron chi connectivity index (χ4n) is 2.20. The van der Waals surface area contributed by atoms with Gasteiger partial charge in [-0.3, -0.25) is 9.59 Å². The number of nitrogens with zero attached hydrogens (tertiary/aromatic N) is 1. The monoisotopic (exact) mass is 346 g/mol. The zero-order valence-electron chi connectivity index (χ0n) is 14.9. The highest BCUT2D eigenvalue weighted by Crippen LogP contribution is 2.22. The first-order chi connectivity index (χ1) is 11.4. The molecule has 0 saturated heterocycles. The maximum Gasteiger partial charge on any atom is 0.260 e. The first-order valence-electron chi connectivity index (χ1n) is 8.32. The number of unbranched alkanes of at least 4 members (excludes halogenated alkanes) is 2. The smallest absolute Gasteiger partial charge is 0.260 e. The Morgan fingerprint density at radius 2 is 1.96 bits per heavy atom. The third-order valence-electron chi connectivity index (χ3n) is 3.57. The molecule has 0 radical (unpaired) electrons. The maximum absolute atomic E-state index is 12.7. The van der Waals surface area contributed by atoms with Crippen LogP contribution in [0.4, 0.5) is 11.4 Å². The van der Waals surface area contributed by atoms with Crippen LogP contribution in [0.15, 0.2) is 35.9 Å². The minimum absolute atomic E-state index is 0.283. The summed E-state index contributed by atoms with van der Waals surface area (Å²) >= 11 is 5.18. The van der Waals surface area contributed by atoms with E-state index in [1.54, 1.807) is 25.1 Å². The second-order valence-corrected chi connectivity index (χ2v) is 6.13. The molecular weight excluding hydrogens is 320 g/mol. The van der Waals surface area contributed by atoms with Crippen LogP contribution in [-0.2, 0) is 9.59 Å². The van der Waals surface area contributed by atoms with Crippen LogP contribution >= 0.6 is 12.2 Å². The van der Waals surface area contributed by atoms with Crippen LogP contribution in [0.3, 0.4) is 0 Å². The van der Waals surface area contributed by atoms with Gasteiger partial charge in [-0.15, -0.1) is 0 Å². The molecule has 1 rings (SSSR count). The largest absolute Gasteiger partial charge is 0.350 e. The molecule has 1 aromatic carbocycles. The minimum Gasteiger partial charge on any atom is -0.350 e. The Kier molecular flexibility index (Phi) is 8.33. The number of hydrogen-bond acceptors (Lipinski definition) is 3. The van der Waals surface area contributed by atoms with Crippen molar-refractivity contribution < 1.29 is 9.59 Å². The van der Waals surface area contributed by atoms with Crippen molar-refractivity contribution in [2.45, 2.75) is 53.4 Å². The zero-order valence-corrected chi connectivity index (χ0v) is 15.7. The maximum atomic E-state index is 12.7. The molecule has 0 aromatic heterocycles. The molecule has 1 aromatic rings. The molecule has 4 nitrogen and oxygen atoms in total. The average Bonchev–Trinajstić information content (AvgIpc) is 2.55. The Bertz CT molecular complexity index is 638. The van der Waals surface area contributed by atoms with E-state index in [1.165, 1.54) is 11.8 Å². The molecule has 0 bridgehead atoms. The van der Waals surface area contributed by atoms with Crippen LogP contribution in [-0.4, -0.2) is 16.8 Å². The van der Waals surface area contributed by atoms with E-state index in [2.05, 4.69) is 12.2 Å². The van der Waals surface area contributed by atoms with Gasteiger partial charge in [-0.05, 0) is 38.0 Å². The van der Waals surface area contributed by atoms with Gasteiger partial charge in [-0.25, -0.2) is 4.90 Å². The number of imide groups is 1. The third kappa shape index (κ3) is 5.89. The fraction of sp³-hybridized carbons (Fsp3) is 0.421. The van der Waals surface area contributed by atoms with Gasteiger partial charge >= 0.3 is 0 Å². The van der Waals surface area contributed by atoms with Crippen LogP contribution in [0, 0.1) is 0 Å². The molecule has 1 N–H and O–H groups in total. The number of allylic oxidation sites excluding steroid dienone is 1. The highest BCUT2D eigenvalue weighted by Gasteiger charge is 2.21. The summed E-state index contributed by atoms with van der Waals surface area (Å²) in [5.41, 5.74) is 1.90. The average molecular weight is 346 g/mol. The van der Waals surface area contributed by atoms with Gasteiger partial charge in [0.1, 0.15) is 0 Å². The van der Waals surface area contributed by atoms with Gasteiger partial charge in [0, 0.05) is 18.2 Å². The van der Waals surface area contributed by atoms with Crippen molar-refractivity contribution in [3.05, 3.63) is 35.9 Å². The van der Waals surface area contributed by atoms with Crippen molar-refractivity contribution in [3.63, 3.8) is 0 Å². The minimum atomic E-state index is -0.307. The van der Waals surface area contributed by atoms with Gasteiger partial charge in [-0.2, -0.15) is 0 Å². The summed E-state index contributed by atoms with van der Waals surface area (Å²) in [5.74, 6) is -0.590. The van der Waals surface area contributed by atoms with Crippen molar-refractivity contribution >= 4 is 40.4 Å². The van der Waals surface area contributed by atoms with Crippen LogP contribution in [0.5, 0.6) is 0 Å². The number of hydrogen-bond donors (Lipinski definition) is 1. The van der Waals surface area contributed by atoms with E-state index in [0.717, 1.165) is 31.4 Å². The number of thiocarbonyl (C=S) groups is 1. The Balaban J connectivity index is 3.06. The number of anilines is 2. The van der Waals surface area contributed by atoms with E-state index >= 15 is 0 Å². The molecule has 0 saturated carbocycles. The summed E-state index contributed by atoms with van der Waals surface area (Å²) in [6.45, 7) is 7.22. The molecule has 0 heterocycles. The lowest BCUT2D eigenvalue weighted by molar-refractivity contribution is -0.123. The van der Waals surface area contributed by atoms with E-state index in [9.17, 15) is 9.59 Å². The van der Waals surface area contributed by atoms with Crippen LogP contribution in [0.25, 0.3) is 0 Å². The number of amides is 2. The predicted molar refractivity (Wildman–Crippen MR) is 104 cm³/mol. The molecule has 0 spiro atoms. The lowest BCUT2D eigenvalue weighted by Crippen LogP contribution is -2.35. The van der Waals surface area contributed by atoms with Crippen LogP contribution < -0.4 is 10.2 Å². The summed E-state index contributed by atoms with van der Waals surface area (Å²) in [6, 6.07) is 7.17. The Morgan fingerprint density at radius 1 is 1.25 bits per heavy atom. The Labute approximate surface area is 149 Å². The van der Waals surface area contributed by atoms with Crippen molar-refractivity contribution in [2.75, 3.05) is 10.2 Å². The summed E-state index contributed by atoms with van der Waals surface area (Å²) < 4.78 is 0. The second kappa shape index (κ2) is 9.98. The van der Waals surface area contributed by atoms with Gasteiger partial charge in [0.15, 0.2) is 0 Å². The molecule has 0 atom stereocenters. The quantitative estimate of drug-likeness (QED) is 0.435. The number of carbonyl (C=O) groups is 2. The van der Waals surface area contributed by atoms with E-state index in [-0.39, 0.29) is 11.8 Å². The Hall–Kier alpha value is -2.01. The normalized spacial score (nSPS) is 11.1. The Morgan fingerprint density at radius 3 is 2.54 bits per heavy atom. The summed E-state index contributed by atoms with van der Waals surface area (Å²) in [5, 5.41) is 3.10. The predicted octanol–water partition coefficient (Wildman–Crippen LogP) is 4.85. The third-order valence-corrected chi connectivity index (χ3v) is 3.96. The van der Waals surface area contributed by atoms with Crippen molar-refractivity contribution in [1.82, 2.24) is 0 Å². The van der Waals surface area contributed by atoms with Crippen LogP contribution in [0.2, 0.25) is 0 Å². The second-order valence-electron chi connectivity index (χ2n) is 5.64. The first-order valence-corrected chi connectivity index (χ1v) is 8.73. The van der Waals surface area contributed by atoms with Gasteiger partial charge in [0.2, 0.25) is 5.91 Å². The number of nitrogens with one attached hydrogen (secondary N) is 1. The number of rotatable bonds is 7. The summed E-state index contributed by atoms with van der Waals surface area (Å²) in [4.78, 5) is 26.6. The zero-order chi connectivity index (χ0) is 18.1. The summed E-state index contributed by atoms with van der Waals surface area (Å²) in [6.07, 6.45) is 5.56. The molecule has 0 aliphatic heterocycles. The molecule has 0 unspecified atom stereocenters. The molecule has 2 amide bonds. The standard InChI is InChI=1S/C19H26N2O2S/c1-5-7-8-10-14(3)19(23)21(15(4)22)17-12-9-11-16(13-17)20-18(24)6-2/h9-13H,5-8H2,1-4H3,(H,20,24). The molecule has 0 aliphatic rings. The molecular formula is C19H26N2O2S. The number of carbonyl (C=O) groups excluding carboxylic acids is 2. The van der Waals surface area contributed by atoms with E-state index in [0.29, 0.717) is 16.2 Å². The van der Waals surface area contributed by atoms with Crippen LogP contribution in [0.1, 0.15) is 53.4 Å². The molecule has 0 aliphatic carbocycles. The van der Waals surface area contributed by atoms with Gasteiger partial charge in [0.05, 0.1) is 10.7 Å². The van der Waals surface area contributed by atoms with Gasteiger partial charge < -0.3 is 5.32 Å². The lowest BCUT2D eigenvalue weighted by atomic mass is 10.1. The van der Waals surface area contributed by atoms with Gasteiger partial charge in [-0.1, -0.05) is 51.0 Å². The van der Waals surface area contributed by atoms with Crippen molar-refractivity contribution in [3.8, 4) is 0 Å². The SMILES string of the molecule is CCCCC=C(C)C(=O)N(C(C)=O)c1cccc(NC(=S)CC)c1. The molecule has 130 valence electrons. The van der Waals surface area contributed by atoms with Gasteiger partial charge in [0.25, 0.3) is 5.91 Å². The topological polar surface area (TPSA) is 49.4 Å². The highest BCUT2D eigenvalue weighted by molar-refractivity contribution is 7.80. The van der Waals surface area contributed by atoms with Crippen molar-refractivity contribution in [1.29, 1.82) is 0 Å². The van der Waals surface area contributed by atoms with E-state index < -0.39 is 0 Å².